The molecule has 98 valence electrons. The summed E-state index contributed by atoms with van der Waals surface area (Å²) in [7, 11) is 1.60. The number of hydrogen-bond acceptors (Lipinski definition) is 5. The highest BCUT2D eigenvalue weighted by Crippen LogP contribution is 2.42. The molecule has 0 spiro atoms. The van der Waals surface area contributed by atoms with Gasteiger partial charge in [-0.25, -0.2) is 0 Å². The number of nitrogens with zero attached hydrogens (tertiary/aromatic N) is 1. The minimum Gasteiger partial charge on any atom is -0.493 e. The number of anilines is 1. The number of rotatable bonds is 2. The quantitative estimate of drug-likeness (QED) is 0.777. The maximum atomic E-state index is 5.77. The van der Waals surface area contributed by atoms with E-state index in [1.807, 2.05) is 19.1 Å². The Bertz CT molecular complexity index is 761. The molecule has 6 heteroatoms. The van der Waals surface area contributed by atoms with Gasteiger partial charge in [0.1, 0.15) is 5.76 Å². The molecule has 2 heterocycles. The predicted molar refractivity (Wildman–Crippen MR) is 75.1 cm³/mol. The van der Waals surface area contributed by atoms with E-state index in [0.717, 1.165) is 21.2 Å². The van der Waals surface area contributed by atoms with Crippen molar-refractivity contribution in [1.82, 2.24) is 5.16 Å². The number of methoxy groups -OCH3 is 1. The Balaban J connectivity index is 2.37. The van der Waals surface area contributed by atoms with Crippen LogP contribution in [0.25, 0.3) is 22.1 Å². The van der Waals surface area contributed by atoms with Crippen molar-refractivity contribution >= 4 is 32.8 Å². The van der Waals surface area contributed by atoms with Crippen molar-refractivity contribution in [1.29, 1.82) is 0 Å². The molecule has 2 aromatic heterocycles. The topological polar surface area (TPSA) is 74.4 Å². The van der Waals surface area contributed by atoms with Crippen LogP contribution < -0.4 is 10.5 Å². The van der Waals surface area contributed by atoms with Gasteiger partial charge in [-0.05, 0) is 35.0 Å². The maximum absolute atomic E-state index is 5.77. The van der Waals surface area contributed by atoms with E-state index < -0.39 is 0 Å². The Hall–Kier alpha value is -1.95. The van der Waals surface area contributed by atoms with E-state index in [-0.39, 0.29) is 5.88 Å². The third kappa shape index (κ3) is 1.79. The van der Waals surface area contributed by atoms with Gasteiger partial charge in [0.15, 0.2) is 11.3 Å². The molecule has 19 heavy (non-hydrogen) atoms. The van der Waals surface area contributed by atoms with Crippen molar-refractivity contribution < 1.29 is 13.7 Å². The first-order valence-corrected chi connectivity index (χ1v) is 6.38. The zero-order chi connectivity index (χ0) is 13.6. The van der Waals surface area contributed by atoms with Gasteiger partial charge in [0.05, 0.1) is 18.9 Å². The molecule has 0 bridgehead atoms. The van der Waals surface area contributed by atoms with Crippen LogP contribution in [-0.4, -0.2) is 12.3 Å². The average Bonchev–Trinajstić information content (AvgIpc) is 2.96. The molecule has 3 aromatic rings. The summed E-state index contributed by atoms with van der Waals surface area (Å²) in [6.45, 7) is 1.89. The van der Waals surface area contributed by atoms with Crippen LogP contribution in [0.15, 0.2) is 31.7 Å². The smallest absolute Gasteiger partial charge is 0.229 e. The van der Waals surface area contributed by atoms with Crippen molar-refractivity contribution in [2.24, 2.45) is 0 Å². The van der Waals surface area contributed by atoms with Crippen LogP contribution in [0.5, 0.6) is 5.75 Å². The normalized spacial score (nSPS) is 11.1. The lowest BCUT2D eigenvalue weighted by atomic mass is 10.1. The van der Waals surface area contributed by atoms with Crippen molar-refractivity contribution in [3.8, 4) is 16.9 Å². The number of benzene rings is 1. The summed E-state index contributed by atoms with van der Waals surface area (Å²) >= 11 is 3.57. The van der Waals surface area contributed by atoms with Gasteiger partial charge in [-0.3, -0.25) is 0 Å². The number of aryl methyl sites for hydroxylation is 1. The van der Waals surface area contributed by atoms with Crippen molar-refractivity contribution in [3.63, 3.8) is 0 Å². The molecule has 0 saturated carbocycles. The second-order valence-electron chi connectivity index (χ2n) is 4.14. The SMILES string of the molecule is COc1cc(-c2cnoc2N)c(Br)c2cc(C)oc12. The number of ether oxygens (including phenoxy) is 1. The lowest BCUT2D eigenvalue weighted by Gasteiger charge is -2.07. The van der Waals surface area contributed by atoms with Crippen molar-refractivity contribution in [2.45, 2.75) is 6.92 Å². The zero-order valence-corrected chi connectivity index (χ0v) is 11.9. The third-order valence-electron chi connectivity index (χ3n) is 2.94. The van der Waals surface area contributed by atoms with Crippen LogP contribution in [0, 0.1) is 6.92 Å². The summed E-state index contributed by atoms with van der Waals surface area (Å²) in [5, 5.41) is 4.62. The van der Waals surface area contributed by atoms with E-state index in [1.54, 1.807) is 13.3 Å². The summed E-state index contributed by atoms with van der Waals surface area (Å²) < 4.78 is 16.8. The van der Waals surface area contributed by atoms with Gasteiger partial charge in [0.2, 0.25) is 5.88 Å². The molecule has 0 aliphatic carbocycles. The largest absolute Gasteiger partial charge is 0.493 e. The lowest BCUT2D eigenvalue weighted by Crippen LogP contribution is -1.89. The molecule has 3 rings (SSSR count). The van der Waals surface area contributed by atoms with Gasteiger partial charge in [-0.15, -0.1) is 0 Å². The second kappa shape index (κ2) is 4.31. The highest BCUT2D eigenvalue weighted by atomic mass is 79.9. The molecular weight excluding hydrogens is 312 g/mol. The van der Waals surface area contributed by atoms with Gasteiger partial charge in [0.25, 0.3) is 0 Å². The molecule has 0 unspecified atom stereocenters. The standard InChI is InChI=1S/C13H11BrN2O3/c1-6-3-8-11(14)7(9-5-16-19-13(9)15)4-10(17-2)12(8)18-6/h3-5H,15H2,1-2H3. The highest BCUT2D eigenvalue weighted by molar-refractivity contribution is 9.10. The molecule has 0 atom stereocenters. The Morgan fingerprint density at radius 1 is 1.32 bits per heavy atom. The molecular formula is C13H11BrN2O3. The van der Waals surface area contributed by atoms with E-state index in [2.05, 4.69) is 21.1 Å². The molecule has 5 nitrogen and oxygen atoms in total. The van der Waals surface area contributed by atoms with Crippen LogP contribution in [0.2, 0.25) is 0 Å². The maximum Gasteiger partial charge on any atom is 0.229 e. The number of halogens is 1. The van der Waals surface area contributed by atoms with Gasteiger partial charge in [-0.1, -0.05) is 5.16 Å². The lowest BCUT2D eigenvalue weighted by molar-refractivity contribution is 0.409. The molecule has 2 N–H and O–H groups in total. The number of nitrogen functional groups attached to an aromatic ring is 1. The van der Waals surface area contributed by atoms with Crippen molar-refractivity contribution in [3.05, 3.63) is 28.6 Å². The zero-order valence-electron chi connectivity index (χ0n) is 10.4. The second-order valence-corrected chi connectivity index (χ2v) is 4.94. The summed E-state index contributed by atoms with van der Waals surface area (Å²) in [4.78, 5) is 0. The molecule has 0 aliphatic heterocycles. The molecule has 0 amide bonds. The Morgan fingerprint density at radius 2 is 2.11 bits per heavy atom. The fourth-order valence-electron chi connectivity index (χ4n) is 2.06. The van der Waals surface area contributed by atoms with E-state index >= 15 is 0 Å². The number of furan rings is 1. The number of hydrogen-bond donors (Lipinski definition) is 1. The van der Waals surface area contributed by atoms with E-state index in [4.69, 9.17) is 19.4 Å². The van der Waals surface area contributed by atoms with Crippen LogP contribution in [0.1, 0.15) is 5.76 Å². The summed E-state index contributed by atoms with van der Waals surface area (Å²) in [5.41, 5.74) is 8.03. The van der Waals surface area contributed by atoms with Crippen LogP contribution in [0.3, 0.4) is 0 Å². The Kier molecular flexibility index (Phi) is 2.74. The molecule has 0 aliphatic rings. The van der Waals surface area contributed by atoms with Crippen LogP contribution >= 0.6 is 15.9 Å². The van der Waals surface area contributed by atoms with E-state index in [0.29, 0.717) is 16.9 Å². The number of fused-ring (bicyclic) bond motifs is 1. The van der Waals surface area contributed by atoms with Gasteiger partial charge in [-0.2, -0.15) is 0 Å². The minimum absolute atomic E-state index is 0.266. The summed E-state index contributed by atoms with van der Waals surface area (Å²) in [6, 6.07) is 3.79. The number of nitrogens with two attached hydrogens (primary N) is 1. The highest BCUT2D eigenvalue weighted by Gasteiger charge is 2.19. The van der Waals surface area contributed by atoms with Gasteiger partial charge in [0, 0.05) is 15.4 Å². The van der Waals surface area contributed by atoms with E-state index in [1.165, 1.54) is 0 Å². The Labute approximate surface area is 117 Å². The first-order chi connectivity index (χ1) is 9.11. The van der Waals surface area contributed by atoms with Crippen molar-refractivity contribution in [2.75, 3.05) is 12.8 Å². The third-order valence-corrected chi connectivity index (χ3v) is 3.79. The first-order valence-electron chi connectivity index (χ1n) is 5.59. The minimum atomic E-state index is 0.266. The van der Waals surface area contributed by atoms with Crippen LogP contribution in [0.4, 0.5) is 5.88 Å². The van der Waals surface area contributed by atoms with Gasteiger partial charge >= 0.3 is 0 Å². The fraction of sp³-hybridized carbons (Fsp3) is 0.154. The first kappa shape index (κ1) is 12.1. The molecule has 0 saturated heterocycles. The summed E-state index contributed by atoms with van der Waals surface area (Å²) in [6.07, 6.45) is 1.58. The number of aromatic nitrogens is 1. The molecule has 0 fully saturated rings. The van der Waals surface area contributed by atoms with Crippen LogP contribution in [-0.2, 0) is 0 Å². The predicted octanol–water partition coefficient (Wildman–Crippen LogP) is 3.75. The monoisotopic (exact) mass is 322 g/mol. The summed E-state index contributed by atoms with van der Waals surface area (Å²) in [5.74, 6) is 1.72. The molecule has 0 radical (unpaired) electrons. The van der Waals surface area contributed by atoms with Gasteiger partial charge < -0.3 is 19.4 Å². The average molecular weight is 323 g/mol. The Morgan fingerprint density at radius 3 is 2.74 bits per heavy atom. The van der Waals surface area contributed by atoms with E-state index in [9.17, 15) is 0 Å². The molecule has 1 aromatic carbocycles. The fourth-order valence-corrected chi connectivity index (χ4v) is 2.69.